The van der Waals surface area contributed by atoms with Gasteiger partial charge in [0.05, 0.1) is 5.56 Å². The molecular formula is C25H26N2O2S. The van der Waals surface area contributed by atoms with Gasteiger partial charge < -0.3 is 10.6 Å². The van der Waals surface area contributed by atoms with Gasteiger partial charge in [-0.2, -0.15) is 0 Å². The van der Waals surface area contributed by atoms with Crippen molar-refractivity contribution in [1.82, 2.24) is 0 Å². The number of nitrogens with one attached hydrogen (secondary N) is 2. The zero-order valence-electron chi connectivity index (χ0n) is 17.3. The molecule has 1 aliphatic rings. The van der Waals surface area contributed by atoms with Gasteiger partial charge in [0.15, 0.2) is 0 Å². The van der Waals surface area contributed by atoms with Gasteiger partial charge in [0.1, 0.15) is 5.00 Å². The molecule has 0 saturated heterocycles. The Bertz CT molecular complexity index is 1070. The molecule has 1 unspecified atom stereocenters. The number of aryl methyl sites for hydroxylation is 1. The van der Waals surface area contributed by atoms with E-state index in [0.717, 1.165) is 42.5 Å². The summed E-state index contributed by atoms with van der Waals surface area (Å²) in [5.74, 6) is 0.252. The minimum absolute atomic E-state index is 0.147. The molecule has 0 radical (unpaired) electrons. The molecule has 5 heteroatoms. The standard InChI is InChI=1S/C25H26N2O2S/c1-3-17-9-7-8-12-20(17)26-24(29)22-19-14-13-16(2)15-21(19)30-25(22)27-23(28)18-10-5-4-6-11-18/h4-12,16H,3,13-15H2,1-2H3,(H,26,29)(H,27,28). The molecule has 1 aromatic heterocycles. The van der Waals surface area contributed by atoms with Crippen LogP contribution in [0.25, 0.3) is 0 Å². The Morgan fingerprint density at radius 3 is 2.50 bits per heavy atom. The van der Waals surface area contributed by atoms with Crippen molar-refractivity contribution in [3.8, 4) is 0 Å². The predicted octanol–water partition coefficient (Wildman–Crippen LogP) is 5.94. The van der Waals surface area contributed by atoms with Gasteiger partial charge >= 0.3 is 0 Å². The first-order valence-corrected chi connectivity index (χ1v) is 11.3. The molecule has 0 bridgehead atoms. The van der Waals surface area contributed by atoms with E-state index >= 15 is 0 Å². The SMILES string of the molecule is CCc1ccccc1NC(=O)c1c(NC(=O)c2ccccc2)sc2c1CCC(C)C2. The highest BCUT2D eigenvalue weighted by Gasteiger charge is 2.28. The third-order valence-corrected chi connectivity index (χ3v) is 6.82. The van der Waals surface area contributed by atoms with Crippen LogP contribution in [0.15, 0.2) is 54.6 Å². The summed E-state index contributed by atoms with van der Waals surface area (Å²) in [6.45, 7) is 4.31. The first-order valence-electron chi connectivity index (χ1n) is 10.5. The van der Waals surface area contributed by atoms with Gasteiger partial charge in [0.25, 0.3) is 11.8 Å². The van der Waals surface area contributed by atoms with Crippen molar-refractivity contribution in [2.24, 2.45) is 5.92 Å². The van der Waals surface area contributed by atoms with E-state index in [1.807, 2.05) is 42.5 Å². The highest BCUT2D eigenvalue weighted by Crippen LogP contribution is 2.40. The lowest BCUT2D eigenvalue weighted by molar-refractivity contribution is 0.102. The zero-order valence-corrected chi connectivity index (χ0v) is 18.1. The molecule has 2 amide bonds. The Labute approximate surface area is 181 Å². The molecule has 154 valence electrons. The van der Waals surface area contributed by atoms with E-state index in [4.69, 9.17) is 0 Å². The van der Waals surface area contributed by atoms with Gasteiger partial charge in [-0.1, -0.05) is 50.2 Å². The molecule has 1 aliphatic carbocycles. The fraction of sp³-hybridized carbons (Fsp3) is 0.280. The van der Waals surface area contributed by atoms with Gasteiger partial charge in [-0.25, -0.2) is 0 Å². The maximum absolute atomic E-state index is 13.4. The highest BCUT2D eigenvalue weighted by molar-refractivity contribution is 7.17. The summed E-state index contributed by atoms with van der Waals surface area (Å²) in [5.41, 5.74) is 4.22. The average molecular weight is 419 g/mol. The first kappa shape index (κ1) is 20.4. The van der Waals surface area contributed by atoms with Gasteiger partial charge in [-0.05, 0) is 60.9 Å². The van der Waals surface area contributed by atoms with Gasteiger partial charge in [-0.15, -0.1) is 11.3 Å². The van der Waals surface area contributed by atoms with Crippen molar-refractivity contribution in [2.45, 2.75) is 39.5 Å². The van der Waals surface area contributed by atoms with Crippen LogP contribution in [0.4, 0.5) is 10.7 Å². The number of thiophene rings is 1. The van der Waals surface area contributed by atoms with Crippen molar-refractivity contribution in [1.29, 1.82) is 0 Å². The van der Waals surface area contributed by atoms with E-state index < -0.39 is 0 Å². The molecule has 4 rings (SSSR count). The fourth-order valence-electron chi connectivity index (χ4n) is 3.98. The van der Waals surface area contributed by atoms with Crippen LogP contribution in [0, 0.1) is 5.92 Å². The number of amides is 2. The lowest BCUT2D eigenvalue weighted by Gasteiger charge is -2.19. The summed E-state index contributed by atoms with van der Waals surface area (Å²) in [6.07, 6.45) is 3.72. The molecule has 1 atom stereocenters. The number of hydrogen-bond donors (Lipinski definition) is 2. The van der Waals surface area contributed by atoms with Crippen molar-refractivity contribution in [2.75, 3.05) is 10.6 Å². The van der Waals surface area contributed by atoms with E-state index in [1.54, 1.807) is 23.5 Å². The zero-order chi connectivity index (χ0) is 21.1. The minimum atomic E-state index is -0.190. The molecule has 1 heterocycles. The second-order valence-corrected chi connectivity index (χ2v) is 8.95. The Balaban J connectivity index is 1.68. The second-order valence-electron chi connectivity index (χ2n) is 7.84. The maximum Gasteiger partial charge on any atom is 0.258 e. The fourth-order valence-corrected chi connectivity index (χ4v) is 5.38. The average Bonchev–Trinajstić information content (AvgIpc) is 3.11. The lowest BCUT2D eigenvalue weighted by atomic mass is 9.88. The Morgan fingerprint density at radius 1 is 1.00 bits per heavy atom. The van der Waals surface area contributed by atoms with Crippen molar-refractivity contribution < 1.29 is 9.59 Å². The summed E-state index contributed by atoms with van der Waals surface area (Å²) in [7, 11) is 0. The van der Waals surface area contributed by atoms with Gasteiger partial charge in [-0.3, -0.25) is 9.59 Å². The smallest absolute Gasteiger partial charge is 0.258 e. The van der Waals surface area contributed by atoms with Crippen LogP contribution in [0.2, 0.25) is 0 Å². The van der Waals surface area contributed by atoms with E-state index in [1.165, 1.54) is 4.88 Å². The van der Waals surface area contributed by atoms with Crippen LogP contribution in [-0.4, -0.2) is 11.8 Å². The van der Waals surface area contributed by atoms with Crippen LogP contribution < -0.4 is 10.6 Å². The molecule has 2 aromatic carbocycles. The number of carbonyl (C=O) groups excluding carboxylic acids is 2. The Kier molecular flexibility index (Phi) is 6.00. The quantitative estimate of drug-likeness (QED) is 0.539. The summed E-state index contributed by atoms with van der Waals surface area (Å²) >= 11 is 1.54. The molecule has 0 fully saturated rings. The number of anilines is 2. The van der Waals surface area contributed by atoms with Crippen LogP contribution in [0.1, 0.15) is 57.0 Å². The van der Waals surface area contributed by atoms with Crippen molar-refractivity contribution >= 4 is 33.8 Å². The number of fused-ring (bicyclic) bond motifs is 1. The number of benzene rings is 2. The van der Waals surface area contributed by atoms with Crippen molar-refractivity contribution in [3.05, 3.63) is 81.7 Å². The monoisotopic (exact) mass is 418 g/mol. The van der Waals surface area contributed by atoms with E-state index in [-0.39, 0.29) is 11.8 Å². The maximum atomic E-state index is 13.4. The summed E-state index contributed by atoms with van der Waals surface area (Å²) in [4.78, 5) is 27.4. The molecule has 30 heavy (non-hydrogen) atoms. The van der Waals surface area contributed by atoms with E-state index in [9.17, 15) is 9.59 Å². The molecule has 4 nitrogen and oxygen atoms in total. The number of rotatable bonds is 5. The third-order valence-electron chi connectivity index (χ3n) is 5.65. The minimum Gasteiger partial charge on any atom is -0.322 e. The van der Waals surface area contributed by atoms with Crippen LogP contribution in [0.5, 0.6) is 0 Å². The summed E-state index contributed by atoms with van der Waals surface area (Å²) in [5, 5.41) is 6.76. The van der Waals surface area contributed by atoms with Crippen LogP contribution in [-0.2, 0) is 19.3 Å². The molecule has 0 spiro atoms. The predicted molar refractivity (Wildman–Crippen MR) is 124 cm³/mol. The number of hydrogen-bond acceptors (Lipinski definition) is 3. The number of para-hydroxylation sites is 1. The third kappa shape index (κ3) is 4.17. The molecule has 3 aromatic rings. The highest BCUT2D eigenvalue weighted by atomic mass is 32.1. The first-order chi connectivity index (χ1) is 14.6. The second kappa shape index (κ2) is 8.84. The van der Waals surface area contributed by atoms with Crippen LogP contribution >= 0.6 is 11.3 Å². The normalized spacial score (nSPS) is 15.3. The van der Waals surface area contributed by atoms with Gasteiger partial charge in [0.2, 0.25) is 0 Å². The molecule has 0 aliphatic heterocycles. The Morgan fingerprint density at radius 2 is 1.73 bits per heavy atom. The summed E-state index contributed by atoms with van der Waals surface area (Å²) < 4.78 is 0. The molecule has 0 saturated carbocycles. The van der Waals surface area contributed by atoms with E-state index in [0.29, 0.717) is 22.0 Å². The lowest BCUT2D eigenvalue weighted by Crippen LogP contribution is -2.20. The molecule has 2 N–H and O–H groups in total. The number of carbonyl (C=O) groups is 2. The van der Waals surface area contributed by atoms with Crippen molar-refractivity contribution in [3.63, 3.8) is 0 Å². The van der Waals surface area contributed by atoms with E-state index in [2.05, 4.69) is 24.5 Å². The summed E-state index contributed by atoms with van der Waals surface area (Å²) in [6, 6.07) is 17.0. The largest absolute Gasteiger partial charge is 0.322 e. The van der Waals surface area contributed by atoms with Gasteiger partial charge in [0, 0.05) is 16.1 Å². The molecular weight excluding hydrogens is 392 g/mol. The Hall–Kier alpha value is -2.92. The topological polar surface area (TPSA) is 58.2 Å². The van der Waals surface area contributed by atoms with Crippen LogP contribution in [0.3, 0.4) is 0 Å².